The molecular formula is C20H17N5O2. The van der Waals surface area contributed by atoms with Crippen LogP contribution in [0.4, 0.5) is 17.3 Å². The number of aromatic nitrogens is 2. The van der Waals surface area contributed by atoms with Crippen molar-refractivity contribution in [2.75, 3.05) is 17.7 Å². The van der Waals surface area contributed by atoms with Gasteiger partial charge in [-0.3, -0.25) is 4.79 Å². The molecule has 0 bridgehead atoms. The number of nitriles is 1. The van der Waals surface area contributed by atoms with E-state index in [1.165, 1.54) is 0 Å². The molecule has 0 saturated heterocycles. The van der Waals surface area contributed by atoms with E-state index >= 15 is 0 Å². The number of hydrogen-bond donors (Lipinski definition) is 2. The van der Waals surface area contributed by atoms with Crippen LogP contribution in [-0.2, 0) is 0 Å². The molecule has 0 saturated carbocycles. The summed E-state index contributed by atoms with van der Waals surface area (Å²) in [5.74, 6) is 0.676. The van der Waals surface area contributed by atoms with Crippen molar-refractivity contribution in [3.63, 3.8) is 0 Å². The number of rotatable bonds is 5. The number of hydrogen-bond acceptors (Lipinski definition) is 6. The molecular weight excluding hydrogens is 342 g/mol. The maximum absolute atomic E-state index is 12.5. The maximum Gasteiger partial charge on any atom is 0.274 e. The molecule has 3 rings (SSSR count). The second-order valence-electron chi connectivity index (χ2n) is 5.72. The third-order valence-corrected chi connectivity index (χ3v) is 3.68. The van der Waals surface area contributed by atoms with E-state index in [0.717, 1.165) is 11.4 Å². The molecule has 0 aliphatic carbocycles. The molecule has 0 radical (unpaired) electrons. The first-order valence-corrected chi connectivity index (χ1v) is 8.15. The van der Waals surface area contributed by atoms with Crippen LogP contribution in [0.2, 0.25) is 0 Å². The molecule has 0 unspecified atom stereocenters. The zero-order valence-corrected chi connectivity index (χ0v) is 14.9. The molecule has 0 aliphatic heterocycles. The van der Waals surface area contributed by atoms with Crippen LogP contribution in [0.1, 0.15) is 21.7 Å². The van der Waals surface area contributed by atoms with Crippen LogP contribution in [0.25, 0.3) is 0 Å². The Morgan fingerprint density at radius 3 is 2.56 bits per heavy atom. The van der Waals surface area contributed by atoms with Crippen molar-refractivity contribution in [2.24, 2.45) is 0 Å². The number of amides is 1. The van der Waals surface area contributed by atoms with Crippen LogP contribution in [0.5, 0.6) is 5.75 Å². The van der Waals surface area contributed by atoms with Gasteiger partial charge >= 0.3 is 0 Å². The Labute approximate surface area is 156 Å². The maximum atomic E-state index is 12.5. The second-order valence-corrected chi connectivity index (χ2v) is 5.72. The first-order valence-electron chi connectivity index (χ1n) is 8.15. The average molecular weight is 359 g/mol. The van der Waals surface area contributed by atoms with Crippen LogP contribution in [0.3, 0.4) is 0 Å². The molecule has 7 heteroatoms. The Bertz CT molecular complexity index is 1010. The highest BCUT2D eigenvalue weighted by atomic mass is 16.5. The fraction of sp³-hybridized carbons (Fsp3) is 0.100. The summed E-state index contributed by atoms with van der Waals surface area (Å²) in [7, 11) is 1.60. The van der Waals surface area contributed by atoms with Crippen LogP contribution in [-0.4, -0.2) is 23.0 Å². The lowest BCUT2D eigenvalue weighted by Gasteiger charge is -2.09. The number of carbonyl (C=O) groups excluding carboxylic acids is 1. The van der Waals surface area contributed by atoms with Crippen LogP contribution in [0.15, 0.2) is 54.6 Å². The van der Waals surface area contributed by atoms with E-state index in [9.17, 15) is 4.79 Å². The first kappa shape index (κ1) is 17.9. The van der Waals surface area contributed by atoms with E-state index in [1.807, 2.05) is 30.3 Å². The van der Waals surface area contributed by atoms with Gasteiger partial charge in [0, 0.05) is 17.1 Å². The van der Waals surface area contributed by atoms with Crippen molar-refractivity contribution < 1.29 is 9.53 Å². The smallest absolute Gasteiger partial charge is 0.274 e. The summed E-state index contributed by atoms with van der Waals surface area (Å²) in [6.45, 7) is 1.79. The molecule has 1 amide bonds. The summed E-state index contributed by atoms with van der Waals surface area (Å²) in [5.41, 5.74) is 2.64. The van der Waals surface area contributed by atoms with Crippen molar-refractivity contribution >= 4 is 23.2 Å². The van der Waals surface area contributed by atoms with Gasteiger partial charge in [0.1, 0.15) is 11.4 Å². The lowest BCUT2D eigenvalue weighted by atomic mass is 10.2. The highest BCUT2D eigenvalue weighted by Crippen LogP contribution is 2.19. The normalized spacial score (nSPS) is 9.96. The van der Waals surface area contributed by atoms with E-state index in [0.29, 0.717) is 22.9 Å². The molecule has 2 aromatic carbocycles. The van der Waals surface area contributed by atoms with E-state index in [-0.39, 0.29) is 11.6 Å². The fourth-order valence-corrected chi connectivity index (χ4v) is 2.41. The molecule has 0 atom stereocenters. The lowest BCUT2D eigenvalue weighted by molar-refractivity contribution is 0.102. The number of ether oxygens (including phenoxy) is 1. The van der Waals surface area contributed by atoms with Crippen molar-refractivity contribution in [1.82, 2.24) is 9.97 Å². The minimum Gasteiger partial charge on any atom is -0.497 e. The van der Waals surface area contributed by atoms with Gasteiger partial charge in [0.15, 0.2) is 0 Å². The zero-order chi connectivity index (χ0) is 19.2. The highest BCUT2D eigenvalue weighted by Gasteiger charge is 2.12. The molecule has 0 spiro atoms. The average Bonchev–Trinajstić information content (AvgIpc) is 2.68. The Morgan fingerprint density at radius 2 is 1.85 bits per heavy atom. The van der Waals surface area contributed by atoms with E-state index in [2.05, 4.69) is 20.6 Å². The molecule has 27 heavy (non-hydrogen) atoms. The molecule has 1 aromatic heterocycles. The van der Waals surface area contributed by atoms with Crippen molar-refractivity contribution in [2.45, 2.75) is 6.92 Å². The molecule has 0 aliphatic rings. The summed E-state index contributed by atoms with van der Waals surface area (Å²) in [6, 6.07) is 17.6. The topological polar surface area (TPSA) is 99.9 Å². The van der Waals surface area contributed by atoms with Gasteiger partial charge in [-0.1, -0.05) is 6.07 Å². The molecule has 7 nitrogen and oxygen atoms in total. The largest absolute Gasteiger partial charge is 0.497 e. The third-order valence-electron chi connectivity index (χ3n) is 3.68. The Hall–Kier alpha value is -3.92. The molecule has 3 aromatic rings. The zero-order valence-electron chi connectivity index (χ0n) is 14.9. The van der Waals surface area contributed by atoms with E-state index < -0.39 is 0 Å². The van der Waals surface area contributed by atoms with Crippen LogP contribution < -0.4 is 15.4 Å². The van der Waals surface area contributed by atoms with Crippen molar-refractivity contribution in [3.05, 3.63) is 71.5 Å². The number of nitrogens with one attached hydrogen (secondary N) is 2. The van der Waals surface area contributed by atoms with Crippen LogP contribution >= 0.6 is 0 Å². The SMILES string of the molecule is COc1ccc(Nc2nc(C)cc(C(=O)Nc3cccc(C#N)c3)n2)cc1. The predicted octanol–water partition coefficient (Wildman–Crippen LogP) is 3.66. The summed E-state index contributed by atoms with van der Waals surface area (Å²) in [4.78, 5) is 21.1. The van der Waals surface area contributed by atoms with Gasteiger partial charge in [-0.2, -0.15) is 5.26 Å². The van der Waals surface area contributed by atoms with Gasteiger partial charge in [-0.15, -0.1) is 0 Å². The standard InChI is InChI=1S/C20H17N5O2/c1-13-10-18(19(26)23-16-5-3-4-14(11-16)12-21)25-20(22-13)24-15-6-8-17(27-2)9-7-15/h3-11H,1-2H3,(H,23,26)(H,22,24,25). The minimum atomic E-state index is -0.381. The molecule has 134 valence electrons. The number of carbonyl (C=O) groups is 1. The summed E-state index contributed by atoms with van der Waals surface area (Å²) in [6.07, 6.45) is 0. The molecule has 2 N–H and O–H groups in total. The van der Waals surface area contributed by atoms with Gasteiger partial charge in [-0.05, 0) is 55.5 Å². The van der Waals surface area contributed by atoms with Gasteiger partial charge in [-0.25, -0.2) is 9.97 Å². The Balaban J connectivity index is 1.79. The second kappa shape index (κ2) is 7.97. The van der Waals surface area contributed by atoms with Gasteiger partial charge in [0.05, 0.1) is 18.7 Å². The number of aryl methyl sites for hydroxylation is 1. The highest BCUT2D eigenvalue weighted by molar-refractivity contribution is 6.03. The summed E-state index contributed by atoms with van der Waals surface area (Å²) >= 11 is 0. The summed E-state index contributed by atoms with van der Waals surface area (Å²) in [5, 5.41) is 14.8. The van der Waals surface area contributed by atoms with Crippen LogP contribution in [0, 0.1) is 18.3 Å². The monoisotopic (exact) mass is 359 g/mol. The number of nitrogens with zero attached hydrogens (tertiary/aromatic N) is 3. The quantitative estimate of drug-likeness (QED) is 0.721. The minimum absolute atomic E-state index is 0.223. The lowest BCUT2D eigenvalue weighted by Crippen LogP contribution is -2.15. The first-order chi connectivity index (χ1) is 13.1. The number of anilines is 3. The Morgan fingerprint density at radius 1 is 1.07 bits per heavy atom. The van der Waals surface area contributed by atoms with E-state index in [1.54, 1.807) is 44.4 Å². The predicted molar refractivity (Wildman–Crippen MR) is 102 cm³/mol. The summed E-state index contributed by atoms with van der Waals surface area (Å²) < 4.78 is 5.13. The van der Waals surface area contributed by atoms with Crippen molar-refractivity contribution in [1.29, 1.82) is 5.26 Å². The molecule has 1 heterocycles. The fourth-order valence-electron chi connectivity index (χ4n) is 2.41. The number of benzene rings is 2. The van der Waals surface area contributed by atoms with Gasteiger partial charge in [0.2, 0.25) is 5.95 Å². The molecule has 0 fully saturated rings. The Kier molecular flexibility index (Phi) is 5.28. The van der Waals surface area contributed by atoms with Gasteiger partial charge in [0.25, 0.3) is 5.91 Å². The number of methoxy groups -OCH3 is 1. The van der Waals surface area contributed by atoms with Crippen molar-refractivity contribution in [3.8, 4) is 11.8 Å². The van der Waals surface area contributed by atoms with Gasteiger partial charge < -0.3 is 15.4 Å². The third kappa shape index (κ3) is 4.58. The van der Waals surface area contributed by atoms with E-state index in [4.69, 9.17) is 10.00 Å².